The largest absolute Gasteiger partial charge is 0.488 e. The van der Waals surface area contributed by atoms with Crippen LogP contribution in [0.15, 0.2) is 84.4 Å². The third kappa shape index (κ3) is 4.21. The van der Waals surface area contributed by atoms with Gasteiger partial charge in [-0.3, -0.25) is 14.9 Å². The van der Waals surface area contributed by atoms with Gasteiger partial charge in [0.2, 0.25) is 6.79 Å². The summed E-state index contributed by atoms with van der Waals surface area (Å²) in [5.74, 6) is -0.232. The fourth-order valence-corrected chi connectivity index (χ4v) is 4.57. The number of nitrogens with zero attached hydrogens (tertiary/aromatic N) is 1. The molecule has 0 atom stereocenters. The monoisotopic (exact) mass is 526 g/mol. The highest BCUT2D eigenvalue weighted by atomic mass is 35.5. The smallest absolute Gasteiger partial charge is 0.335 e. The number of carbonyl (C=O) groups is 3. The van der Waals surface area contributed by atoms with E-state index in [0.29, 0.717) is 27.8 Å². The number of urea groups is 1. The number of carbonyl (C=O) groups excluding carboxylic acids is 3. The minimum absolute atomic E-state index is 0.0423. The average molecular weight is 527 g/mol. The van der Waals surface area contributed by atoms with E-state index in [1.807, 2.05) is 48.5 Å². The van der Waals surface area contributed by atoms with Gasteiger partial charge in [-0.1, -0.05) is 60.1 Å². The number of amides is 4. The van der Waals surface area contributed by atoms with E-state index < -0.39 is 17.8 Å². The Bertz CT molecular complexity index is 1660. The molecule has 0 spiro atoms. The van der Waals surface area contributed by atoms with Crippen LogP contribution in [0.1, 0.15) is 11.1 Å². The number of rotatable bonds is 5. The van der Waals surface area contributed by atoms with Crippen LogP contribution in [0.25, 0.3) is 16.8 Å². The second-order valence-electron chi connectivity index (χ2n) is 8.57. The first-order valence-corrected chi connectivity index (χ1v) is 12.1. The predicted octanol–water partition coefficient (Wildman–Crippen LogP) is 5.47. The summed E-state index contributed by atoms with van der Waals surface area (Å²) >= 11 is 6.30. The van der Waals surface area contributed by atoms with Crippen molar-refractivity contribution in [3.05, 3.63) is 101 Å². The Morgan fingerprint density at radius 1 is 0.921 bits per heavy atom. The number of halogens is 1. The SMILES string of the molecule is O=C1NC(=O)N(c2ccc3c(c2)OCO3)C(=O)/C1=C/c1c(OCc2ccccc2Cl)ccc2ccccc12. The first kappa shape index (κ1) is 23.6. The molecule has 0 saturated carbocycles. The van der Waals surface area contributed by atoms with Gasteiger partial charge in [-0.25, -0.2) is 9.69 Å². The molecule has 2 heterocycles. The standard InChI is InChI=1S/C29H19ClN2O6/c30-23-8-4-2-6-18(23)15-36-24-11-9-17-5-1-3-7-20(17)21(24)14-22-27(33)31-29(35)32(28(22)34)19-10-12-25-26(13-19)38-16-37-25/h1-14H,15-16H2,(H,31,33,35)/b22-14+. The van der Waals surface area contributed by atoms with E-state index in [9.17, 15) is 14.4 Å². The van der Waals surface area contributed by atoms with Crippen LogP contribution in [0.5, 0.6) is 17.2 Å². The van der Waals surface area contributed by atoms with Crippen LogP contribution in [-0.4, -0.2) is 24.6 Å². The van der Waals surface area contributed by atoms with Crippen molar-refractivity contribution in [1.29, 1.82) is 0 Å². The van der Waals surface area contributed by atoms with Gasteiger partial charge in [0, 0.05) is 22.2 Å². The van der Waals surface area contributed by atoms with E-state index in [1.165, 1.54) is 12.1 Å². The maximum Gasteiger partial charge on any atom is 0.335 e. The lowest BCUT2D eigenvalue weighted by molar-refractivity contribution is -0.122. The minimum atomic E-state index is -0.857. The fraction of sp³-hybridized carbons (Fsp3) is 0.0690. The summed E-state index contributed by atoms with van der Waals surface area (Å²) < 4.78 is 16.8. The number of benzene rings is 4. The maximum atomic E-state index is 13.6. The van der Waals surface area contributed by atoms with Crippen molar-refractivity contribution in [3.63, 3.8) is 0 Å². The molecule has 1 N–H and O–H groups in total. The highest BCUT2D eigenvalue weighted by Crippen LogP contribution is 2.37. The first-order chi connectivity index (χ1) is 18.5. The van der Waals surface area contributed by atoms with Crippen molar-refractivity contribution >= 4 is 52.0 Å². The van der Waals surface area contributed by atoms with Crippen molar-refractivity contribution in [1.82, 2.24) is 5.32 Å². The summed E-state index contributed by atoms with van der Waals surface area (Å²) in [6.45, 7) is 0.219. The zero-order valence-electron chi connectivity index (χ0n) is 19.8. The number of fused-ring (bicyclic) bond motifs is 2. The molecule has 8 nitrogen and oxygen atoms in total. The number of hydrogen-bond acceptors (Lipinski definition) is 6. The fourth-order valence-electron chi connectivity index (χ4n) is 4.38. The molecular formula is C29H19ClN2O6. The molecule has 0 aromatic heterocycles. The van der Waals surface area contributed by atoms with Crippen LogP contribution < -0.4 is 24.4 Å². The Kier molecular flexibility index (Phi) is 5.94. The second-order valence-corrected chi connectivity index (χ2v) is 8.98. The lowest BCUT2D eigenvalue weighted by atomic mass is 9.99. The van der Waals surface area contributed by atoms with Gasteiger partial charge in [-0.2, -0.15) is 0 Å². The molecule has 2 aliphatic rings. The molecule has 6 rings (SSSR count). The third-order valence-electron chi connectivity index (χ3n) is 6.28. The summed E-state index contributed by atoms with van der Waals surface area (Å²) in [5.41, 5.74) is 1.32. The summed E-state index contributed by atoms with van der Waals surface area (Å²) in [6, 6.07) is 22.3. The van der Waals surface area contributed by atoms with Crippen LogP contribution in [0, 0.1) is 0 Å². The minimum Gasteiger partial charge on any atom is -0.488 e. The normalized spacial score (nSPS) is 15.8. The Morgan fingerprint density at radius 3 is 2.58 bits per heavy atom. The number of ether oxygens (including phenoxy) is 3. The number of hydrogen-bond donors (Lipinski definition) is 1. The zero-order valence-corrected chi connectivity index (χ0v) is 20.5. The summed E-state index contributed by atoms with van der Waals surface area (Å²) in [4.78, 5) is 40.1. The van der Waals surface area contributed by atoms with Gasteiger partial charge in [0.15, 0.2) is 11.5 Å². The van der Waals surface area contributed by atoms with Crippen molar-refractivity contribution in [2.45, 2.75) is 6.61 Å². The first-order valence-electron chi connectivity index (χ1n) is 11.7. The number of nitrogens with one attached hydrogen (secondary N) is 1. The molecule has 4 amide bonds. The average Bonchev–Trinajstić information content (AvgIpc) is 3.39. The maximum absolute atomic E-state index is 13.6. The van der Waals surface area contributed by atoms with Crippen LogP contribution >= 0.6 is 11.6 Å². The summed E-state index contributed by atoms with van der Waals surface area (Å²) in [7, 11) is 0. The van der Waals surface area contributed by atoms with Gasteiger partial charge in [0.25, 0.3) is 11.8 Å². The molecular weight excluding hydrogens is 508 g/mol. The Morgan fingerprint density at radius 2 is 1.71 bits per heavy atom. The Hall–Kier alpha value is -4.82. The Labute approximate surface area is 222 Å². The lowest BCUT2D eigenvalue weighted by Gasteiger charge is -2.26. The van der Waals surface area contributed by atoms with Gasteiger partial charge >= 0.3 is 6.03 Å². The topological polar surface area (TPSA) is 94.2 Å². The lowest BCUT2D eigenvalue weighted by Crippen LogP contribution is -2.54. The number of barbiturate groups is 1. The van der Waals surface area contributed by atoms with Crippen molar-refractivity contribution in [2.75, 3.05) is 11.7 Å². The van der Waals surface area contributed by atoms with Crippen LogP contribution in [0.3, 0.4) is 0 Å². The molecule has 0 radical (unpaired) electrons. The molecule has 1 saturated heterocycles. The molecule has 0 aliphatic carbocycles. The van der Waals surface area contributed by atoms with Gasteiger partial charge in [0.1, 0.15) is 17.9 Å². The van der Waals surface area contributed by atoms with E-state index >= 15 is 0 Å². The van der Waals surface area contributed by atoms with Crippen molar-refractivity contribution in [3.8, 4) is 17.2 Å². The molecule has 4 aromatic carbocycles. The van der Waals surface area contributed by atoms with E-state index in [0.717, 1.165) is 21.2 Å². The van der Waals surface area contributed by atoms with E-state index in [4.69, 9.17) is 25.8 Å². The van der Waals surface area contributed by atoms with Gasteiger partial charge in [-0.15, -0.1) is 0 Å². The summed E-state index contributed by atoms with van der Waals surface area (Å²) in [5, 5.41) is 4.47. The van der Waals surface area contributed by atoms with Crippen LogP contribution in [0.4, 0.5) is 10.5 Å². The number of anilines is 1. The highest BCUT2D eigenvalue weighted by molar-refractivity contribution is 6.39. The molecule has 2 aliphatic heterocycles. The predicted molar refractivity (Wildman–Crippen MR) is 141 cm³/mol. The Balaban J connectivity index is 1.42. The molecule has 38 heavy (non-hydrogen) atoms. The van der Waals surface area contributed by atoms with Crippen molar-refractivity contribution < 1.29 is 28.6 Å². The van der Waals surface area contributed by atoms with Gasteiger partial charge in [-0.05, 0) is 41.1 Å². The third-order valence-corrected chi connectivity index (χ3v) is 6.65. The summed E-state index contributed by atoms with van der Waals surface area (Å²) in [6.07, 6.45) is 1.45. The molecule has 1 fully saturated rings. The number of imide groups is 2. The quantitative estimate of drug-likeness (QED) is 0.274. The van der Waals surface area contributed by atoms with Crippen molar-refractivity contribution in [2.24, 2.45) is 0 Å². The molecule has 4 aromatic rings. The van der Waals surface area contributed by atoms with E-state index in [1.54, 1.807) is 24.3 Å². The zero-order chi connectivity index (χ0) is 26.2. The highest BCUT2D eigenvalue weighted by Gasteiger charge is 2.37. The van der Waals surface area contributed by atoms with Crippen LogP contribution in [-0.2, 0) is 16.2 Å². The van der Waals surface area contributed by atoms with E-state index in [2.05, 4.69) is 5.32 Å². The molecule has 0 unspecified atom stereocenters. The van der Waals surface area contributed by atoms with Gasteiger partial charge < -0.3 is 14.2 Å². The molecule has 0 bridgehead atoms. The molecule has 188 valence electrons. The van der Waals surface area contributed by atoms with Crippen LogP contribution in [0.2, 0.25) is 5.02 Å². The molecule has 9 heteroatoms. The van der Waals surface area contributed by atoms with Gasteiger partial charge in [0.05, 0.1) is 5.69 Å². The van der Waals surface area contributed by atoms with E-state index in [-0.39, 0.29) is 24.7 Å². The second kappa shape index (κ2) is 9.57.